The molecule has 0 aromatic carbocycles. The van der Waals surface area contributed by atoms with E-state index in [4.69, 9.17) is 15.6 Å². The lowest BCUT2D eigenvalue weighted by Gasteiger charge is -2.15. The molecule has 1 fully saturated rings. The number of hydrogen-bond donors (Lipinski definition) is 3. The predicted molar refractivity (Wildman–Crippen MR) is 73.4 cm³/mol. The number of ether oxygens (including phenoxy) is 1. The zero-order valence-corrected chi connectivity index (χ0v) is 11.9. The molecule has 2 aromatic rings. The molecule has 3 rings (SSSR count). The van der Waals surface area contributed by atoms with Gasteiger partial charge in [0.15, 0.2) is 18.0 Å². The molecular weight excluding hydrogens is 301 g/mol. The highest BCUT2D eigenvalue weighted by Gasteiger charge is 2.45. The number of imidazole rings is 1. The van der Waals surface area contributed by atoms with Crippen LogP contribution in [0.5, 0.6) is 0 Å². The standard InChI is InChI=1S/C11H14FN5O3S/c1-21-9-6-8(15-11(13)16-9)17(3-14-6)10-5(12)7(19)4(2-18)20-10/h3-5,7,10,18-19H,2H2,1H3,(H2,13,15,16)/t4-,5-,7-,10-/m1/s1. The number of thioether (sulfide) groups is 1. The number of halogens is 1. The molecule has 1 saturated heterocycles. The Balaban J connectivity index is 2.07. The average Bonchev–Trinajstić information content (AvgIpc) is 3.01. The summed E-state index contributed by atoms with van der Waals surface area (Å²) in [5.74, 6) is 0.0428. The molecule has 1 aliphatic heterocycles. The second-order valence-corrected chi connectivity index (χ2v) is 5.39. The van der Waals surface area contributed by atoms with Gasteiger partial charge in [0.1, 0.15) is 22.8 Å². The van der Waals surface area contributed by atoms with Crippen LogP contribution in [0.2, 0.25) is 0 Å². The summed E-state index contributed by atoms with van der Waals surface area (Å²) in [6, 6.07) is 0. The Morgan fingerprint density at radius 1 is 1.52 bits per heavy atom. The fourth-order valence-corrected chi connectivity index (χ4v) is 2.84. The number of nitrogen functional groups attached to an aromatic ring is 1. The van der Waals surface area contributed by atoms with Gasteiger partial charge in [-0.1, -0.05) is 0 Å². The first-order valence-electron chi connectivity index (χ1n) is 6.19. The minimum Gasteiger partial charge on any atom is -0.394 e. The number of hydrogen-bond acceptors (Lipinski definition) is 8. The third-order valence-electron chi connectivity index (χ3n) is 3.35. The van der Waals surface area contributed by atoms with Gasteiger partial charge in [-0.15, -0.1) is 11.8 Å². The van der Waals surface area contributed by atoms with E-state index in [1.165, 1.54) is 22.7 Å². The summed E-state index contributed by atoms with van der Waals surface area (Å²) in [6.07, 6.45) is -2.03. The van der Waals surface area contributed by atoms with Crippen molar-refractivity contribution in [1.29, 1.82) is 0 Å². The Labute approximate surface area is 123 Å². The summed E-state index contributed by atoms with van der Waals surface area (Å²) < 4.78 is 20.9. The summed E-state index contributed by atoms with van der Waals surface area (Å²) in [7, 11) is 0. The second-order valence-electron chi connectivity index (χ2n) is 4.60. The van der Waals surface area contributed by atoms with Crippen molar-refractivity contribution in [2.75, 3.05) is 18.6 Å². The SMILES string of the molecule is CSc1nc(N)nc2c1ncn2[C@@H]1O[C@H](CO)[C@@H](O)[C@H]1F. The number of anilines is 1. The van der Waals surface area contributed by atoms with E-state index >= 15 is 0 Å². The Bertz CT molecular complexity index is 669. The Hall–Kier alpha value is -1.49. The molecule has 0 bridgehead atoms. The van der Waals surface area contributed by atoms with Crippen molar-refractivity contribution in [2.45, 2.75) is 29.6 Å². The van der Waals surface area contributed by atoms with Crippen molar-refractivity contribution < 1.29 is 19.3 Å². The van der Waals surface area contributed by atoms with Crippen molar-refractivity contribution in [3.63, 3.8) is 0 Å². The lowest BCUT2D eigenvalue weighted by Crippen LogP contribution is -2.30. The Morgan fingerprint density at radius 2 is 2.29 bits per heavy atom. The molecule has 10 heteroatoms. The number of rotatable bonds is 3. The minimum absolute atomic E-state index is 0.0428. The molecule has 3 heterocycles. The van der Waals surface area contributed by atoms with E-state index in [9.17, 15) is 9.50 Å². The maximum atomic E-state index is 14.2. The quantitative estimate of drug-likeness (QED) is 0.522. The first-order chi connectivity index (χ1) is 10.1. The zero-order valence-electron chi connectivity index (χ0n) is 11.0. The van der Waals surface area contributed by atoms with Gasteiger partial charge in [-0.3, -0.25) is 4.57 Å². The van der Waals surface area contributed by atoms with Crippen LogP contribution in [-0.2, 0) is 4.74 Å². The third-order valence-corrected chi connectivity index (χ3v) is 4.02. The third kappa shape index (κ3) is 2.24. The van der Waals surface area contributed by atoms with Crippen LogP contribution in [0.4, 0.5) is 10.3 Å². The summed E-state index contributed by atoms with van der Waals surface area (Å²) >= 11 is 1.34. The fourth-order valence-electron chi connectivity index (χ4n) is 2.31. The summed E-state index contributed by atoms with van der Waals surface area (Å²) in [5.41, 5.74) is 6.45. The van der Waals surface area contributed by atoms with Crippen LogP contribution in [0, 0.1) is 0 Å². The van der Waals surface area contributed by atoms with Crippen molar-refractivity contribution in [1.82, 2.24) is 19.5 Å². The van der Waals surface area contributed by atoms with Gasteiger partial charge in [-0.05, 0) is 6.26 Å². The van der Waals surface area contributed by atoms with E-state index < -0.39 is 31.2 Å². The van der Waals surface area contributed by atoms with Gasteiger partial charge in [0.2, 0.25) is 5.95 Å². The van der Waals surface area contributed by atoms with E-state index in [-0.39, 0.29) is 5.95 Å². The summed E-state index contributed by atoms with van der Waals surface area (Å²) in [6.45, 7) is -0.474. The number of nitrogens with two attached hydrogens (primary N) is 1. The smallest absolute Gasteiger partial charge is 0.223 e. The molecule has 2 aromatic heterocycles. The van der Waals surface area contributed by atoms with E-state index in [0.717, 1.165) is 0 Å². The van der Waals surface area contributed by atoms with Crippen LogP contribution in [-0.4, -0.2) is 61.0 Å². The van der Waals surface area contributed by atoms with Gasteiger partial charge in [0.25, 0.3) is 0 Å². The highest BCUT2D eigenvalue weighted by atomic mass is 32.2. The molecule has 114 valence electrons. The van der Waals surface area contributed by atoms with Crippen LogP contribution >= 0.6 is 11.8 Å². The van der Waals surface area contributed by atoms with Gasteiger partial charge in [0.05, 0.1) is 12.9 Å². The second kappa shape index (κ2) is 5.37. The monoisotopic (exact) mass is 315 g/mol. The molecule has 0 aliphatic carbocycles. The minimum atomic E-state index is -1.70. The first kappa shape index (κ1) is 14.4. The largest absolute Gasteiger partial charge is 0.394 e. The number of aliphatic hydroxyl groups excluding tert-OH is 2. The predicted octanol–water partition coefficient (Wildman–Crippen LogP) is -0.281. The van der Waals surface area contributed by atoms with Crippen LogP contribution in [0.25, 0.3) is 11.2 Å². The maximum absolute atomic E-state index is 14.2. The van der Waals surface area contributed by atoms with Gasteiger partial charge in [-0.2, -0.15) is 4.98 Å². The van der Waals surface area contributed by atoms with Crippen molar-refractivity contribution in [3.05, 3.63) is 6.33 Å². The lowest BCUT2D eigenvalue weighted by atomic mass is 10.1. The summed E-state index contributed by atoms with van der Waals surface area (Å²) in [4.78, 5) is 12.3. The molecule has 0 spiro atoms. The van der Waals surface area contributed by atoms with Gasteiger partial charge in [0, 0.05) is 0 Å². The number of fused-ring (bicyclic) bond motifs is 1. The molecule has 4 atom stereocenters. The topological polar surface area (TPSA) is 119 Å². The number of alkyl halides is 1. The molecule has 8 nitrogen and oxygen atoms in total. The van der Waals surface area contributed by atoms with Gasteiger partial charge in [-0.25, -0.2) is 14.4 Å². The molecule has 1 aliphatic rings. The lowest BCUT2D eigenvalue weighted by molar-refractivity contribution is -0.0459. The number of nitrogens with zero attached hydrogens (tertiary/aromatic N) is 4. The highest BCUT2D eigenvalue weighted by Crippen LogP contribution is 2.34. The first-order valence-corrected chi connectivity index (χ1v) is 7.41. The molecule has 0 unspecified atom stereocenters. The van der Waals surface area contributed by atoms with Crippen LogP contribution in [0.15, 0.2) is 11.4 Å². The maximum Gasteiger partial charge on any atom is 0.223 e. The van der Waals surface area contributed by atoms with Crippen LogP contribution < -0.4 is 5.73 Å². The van der Waals surface area contributed by atoms with Crippen LogP contribution in [0.1, 0.15) is 6.23 Å². The molecule has 4 N–H and O–H groups in total. The highest BCUT2D eigenvalue weighted by molar-refractivity contribution is 7.98. The van der Waals surface area contributed by atoms with E-state index in [1.54, 1.807) is 0 Å². The molecule has 0 radical (unpaired) electrons. The van der Waals surface area contributed by atoms with Crippen LogP contribution in [0.3, 0.4) is 0 Å². The number of aliphatic hydroxyl groups is 2. The zero-order chi connectivity index (χ0) is 15.1. The normalized spacial score (nSPS) is 29.3. The molecule has 0 amide bonds. The fraction of sp³-hybridized carbons (Fsp3) is 0.545. The van der Waals surface area contributed by atoms with E-state index in [1.807, 2.05) is 6.26 Å². The van der Waals surface area contributed by atoms with Gasteiger partial charge >= 0.3 is 0 Å². The van der Waals surface area contributed by atoms with Crippen molar-refractivity contribution >= 4 is 28.9 Å². The van der Waals surface area contributed by atoms with E-state index in [2.05, 4.69) is 15.0 Å². The van der Waals surface area contributed by atoms with Crippen molar-refractivity contribution in [3.8, 4) is 0 Å². The van der Waals surface area contributed by atoms with Gasteiger partial charge < -0.3 is 20.7 Å². The van der Waals surface area contributed by atoms with E-state index in [0.29, 0.717) is 16.2 Å². The Kier molecular flexibility index (Phi) is 3.69. The average molecular weight is 315 g/mol. The molecule has 21 heavy (non-hydrogen) atoms. The van der Waals surface area contributed by atoms with Crippen molar-refractivity contribution in [2.24, 2.45) is 0 Å². The summed E-state index contributed by atoms with van der Waals surface area (Å²) in [5, 5.41) is 19.4. The molecule has 0 saturated carbocycles. The Morgan fingerprint density at radius 3 is 2.90 bits per heavy atom. The number of aromatic nitrogens is 4. The molecular formula is C11H14FN5O3S.